The monoisotopic (exact) mass is 288 g/mol. The summed E-state index contributed by atoms with van der Waals surface area (Å²) >= 11 is 0. The van der Waals surface area contributed by atoms with Crippen molar-refractivity contribution in [2.24, 2.45) is 7.05 Å². The van der Waals surface area contributed by atoms with E-state index in [0.717, 1.165) is 11.4 Å². The molecule has 0 saturated carbocycles. The number of hydrogen-bond donors (Lipinski definition) is 3. The van der Waals surface area contributed by atoms with E-state index in [4.69, 9.17) is 5.11 Å². The molecule has 112 valence electrons. The van der Waals surface area contributed by atoms with Gasteiger partial charge in [0, 0.05) is 30.7 Å². The zero-order valence-corrected chi connectivity index (χ0v) is 12.4. The van der Waals surface area contributed by atoms with Crippen LogP contribution in [0.25, 0.3) is 11.4 Å². The first-order valence-corrected chi connectivity index (χ1v) is 6.69. The Labute approximate surface area is 123 Å². The number of carbonyl (C=O) groups excluding carboxylic acids is 1. The molecule has 3 N–H and O–H groups in total. The highest BCUT2D eigenvalue weighted by Gasteiger charge is 2.19. The second kappa shape index (κ2) is 5.97. The number of hydrogen-bond acceptors (Lipinski definition) is 3. The number of carbonyl (C=O) groups is 1. The van der Waals surface area contributed by atoms with E-state index < -0.39 is 5.54 Å². The average molecular weight is 288 g/mol. The van der Waals surface area contributed by atoms with Crippen LogP contribution in [0, 0.1) is 0 Å². The maximum atomic E-state index is 11.9. The Bertz CT molecular complexity index is 634. The Morgan fingerprint density at radius 2 is 2.19 bits per heavy atom. The van der Waals surface area contributed by atoms with Gasteiger partial charge in [0.25, 0.3) is 0 Å². The van der Waals surface area contributed by atoms with Crippen LogP contribution in [0.1, 0.15) is 13.8 Å². The van der Waals surface area contributed by atoms with Crippen molar-refractivity contribution < 1.29 is 9.90 Å². The molecule has 2 aromatic rings. The minimum Gasteiger partial charge on any atom is -0.394 e. The Balaban J connectivity index is 2.12. The van der Waals surface area contributed by atoms with Crippen molar-refractivity contribution in [3.63, 3.8) is 0 Å². The highest BCUT2D eigenvalue weighted by Crippen LogP contribution is 2.20. The molecule has 2 rings (SSSR count). The van der Waals surface area contributed by atoms with E-state index in [-0.39, 0.29) is 12.6 Å². The van der Waals surface area contributed by atoms with Crippen LogP contribution in [-0.4, -0.2) is 32.8 Å². The summed E-state index contributed by atoms with van der Waals surface area (Å²) in [4.78, 5) is 16.2. The van der Waals surface area contributed by atoms with Gasteiger partial charge in [0.05, 0.1) is 12.1 Å². The van der Waals surface area contributed by atoms with Gasteiger partial charge in [0.2, 0.25) is 0 Å². The van der Waals surface area contributed by atoms with Crippen LogP contribution >= 0.6 is 0 Å². The first-order chi connectivity index (χ1) is 9.91. The lowest BCUT2D eigenvalue weighted by Gasteiger charge is -2.23. The van der Waals surface area contributed by atoms with Crippen LogP contribution in [0.4, 0.5) is 10.5 Å². The summed E-state index contributed by atoms with van der Waals surface area (Å²) in [5, 5.41) is 14.6. The standard InChI is InChI=1S/C15H20N4O2/c1-15(2,10-20)18-14(21)17-12-6-4-5-11(9-12)13-16-7-8-19(13)3/h4-9,20H,10H2,1-3H3,(H2,17,18,21). The van der Waals surface area contributed by atoms with Gasteiger partial charge in [0.15, 0.2) is 0 Å². The van der Waals surface area contributed by atoms with E-state index in [0.29, 0.717) is 5.69 Å². The normalized spacial score (nSPS) is 11.2. The highest BCUT2D eigenvalue weighted by molar-refractivity contribution is 5.90. The molecule has 0 fully saturated rings. The number of aliphatic hydroxyl groups excluding tert-OH is 1. The zero-order valence-electron chi connectivity index (χ0n) is 12.4. The van der Waals surface area contributed by atoms with Crippen molar-refractivity contribution in [1.29, 1.82) is 0 Å². The van der Waals surface area contributed by atoms with Crippen LogP contribution in [0.3, 0.4) is 0 Å². The van der Waals surface area contributed by atoms with Crippen LogP contribution in [0.15, 0.2) is 36.7 Å². The number of aromatic nitrogens is 2. The fraction of sp³-hybridized carbons (Fsp3) is 0.333. The minimum absolute atomic E-state index is 0.131. The van der Waals surface area contributed by atoms with E-state index in [1.54, 1.807) is 26.1 Å². The first-order valence-electron chi connectivity index (χ1n) is 6.69. The summed E-state index contributed by atoms with van der Waals surface area (Å²) in [5.41, 5.74) is 0.921. The predicted octanol–water partition coefficient (Wildman–Crippen LogP) is 1.98. The molecule has 0 spiro atoms. The number of benzene rings is 1. The largest absolute Gasteiger partial charge is 0.394 e. The third-order valence-corrected chi connectivity index (χ3v) is 3.05. The van der Waals surface area contributed by atoms with Crippen molar-refractivity contribution in [3.8, 4) is 11.4 Å². The number of amides is 2. The quantitative estimate of drug-likeness (QED) is 0.805. The molecule has 0 saturated heterocycles. The molecule has 6 heteroatoms. The van der Waals surface area contributed by atoms with Crippen molar-refractivity contribution >= 4 is 11.7 Å². The number of rotatable bonds is 4. The number of aliphatic hydroxyl groups is 1. The molecule has 0 aliphatic heterocycles. The second-order valence-electron chi connectivity index (χ2n) is 5.56. The molecular formula is C15H20N4O2. The molecule has 1 aromatic carbocycles. The van der Waals surface area contributed by atoms with Crippen molar-refractivity contribution in [2.45, 2.75) is 19.4 Å². The van der Waals surface area contributed by atoms with E-state index in [9.17, 15) is 4.79 Å². The van der Waals surface area contributed by atoms with Crippen molar-refractivity contribution in [2.75, 3.05) is 11.9 Å². The summed E-state index contributed by atoms with van der Waals surface area (Å²) < 4.78 is 1.91. The average Bonchev–Trinajstić information content (AvgIpc) is 2.84. The fourth-order valence-corrected chi connectivity index (χ4v) is 1.89. The highest BCUT2D eigenvalue weighted by atomic mass is 16.3. The molecule has 0 atom stereocenters. The van der Waals surface area contributed by atoms with Gasteiger partial charge in [-0.3, -0.25) is 0 Å². The summed E-state index contributed by atoms with van der Waals surface area (Å²) in [7, 11) is 1.92. The number of urea groups is 1. The van der Waals surface area contributed by atoms with E-state index in [2.05, 4.69) is 15.6 Å². The van der Waals surface area contributed by atoms with Gasteiger partial charge in [-0.25, -0.2) is 9.78 Å². The van der Waals surface area contributed by atoms with E-state index >= 15 is 0 Å². The Kier molecular flexibility index (Phi) is 4.28. The Morgan fingerprint density at radius 3 is 2.81 bits per heavy atom. The number of nitrogens with one attached hydrogen (secondary N) is 2. The Morgan fingerprint density at radius 1 is 1.43 bits per heavy atom. The van der Waals surface area contributed by atoms with Crippen molar-refractivity contribution in [3.05, 3.63) is 36.7 Å². The van der Waals surface area contributed by atoms with Crippen LogP contribution < -0.4 is 10.6 Å². The lowest BCUT2D eigenvalue weighted by molar-refractivity contribution is 0.187. The number of aryl methyl sites for hydroxylation is 1. The minimum atomic E-state index is -0.665. The molecule has 1 aromatic heterocycles. The van der Waals surface area contributed by atoms with Gasteiger partial charge in [-0.15, -0.1) is 0 Å². The van der Waals surface area contributed by atoms with Gasteiger partial charge < -0.3 is 20.3 Å². The zero-order chi connectivity index (χ0) is 15.5. The summed E-state index contributed by atoms with van der Waals surface area (Å²) in [6.45, 7) is 3.36. The number of nitrogens with zero attached hydrogens (tertiary/aromatic N) is 2. The first kappa shape index (κ1) is 15.1. The van der Waals surface area contributed by atoms with Gasteiger partial charge in [-0.1, -0.05) is 12.1 Å². The molecule has 0 aliphatic rings. The smallest absolute Gasteiger partial charge is 0.319 e. The third kappa shape index (κ3) is 3.82. The maximum Gasteiger partial charge on any atom is 0.319 e. The molecular weight excluding hydrogens is 268 g/mol. The number of anilines is 1. The van der Waals surface area contributed by atoms with Gasteiger partial charge >= 0.3 is 6.03 Å². The molecule has 6 nitrogen and oxygen atoms in total. The lowest BCUT2D eigenvalue weighted by Crippen LogP contribution is -2.48. The topological polar surface area (TPSA) is 79.2 Å². The van der Waals surface area contributed by atoms with Crippen LogP contribution in [0.5, 0.6) is 0 Å². The van der Waals surface area contributed by atoms with Crippen LogP contribution in [-0.2, 0) is 7.05 Å². The molecule has 1 heterocycles. The maximum absolute atomic E-state index is 11.9. The molecule has 0 aliphatic carbocycles. The summed E-state index contributed by atoms with van der Waals surface area (Å²) in [5.74, 6) is 0.828. The molecule has 21 heavy (non-hydrogen) atoms. The SMILES string of the molecule is Cn1ccnc1-c1cccc(NC(=O)NC(C)(C)CO)c1. The van der Waals surface area contributed by atoms with Crippen molar-refractivity contribution in [1.82, 2.24) is 14.9 Å². The van der Waals surface area contributed by atoms with Gasteiger partial charge in [0.1, 0.15) is 5.82 Å². The summed E-state index contributed by atoms with van der Waals surface area (Å²) in [6, 6.07) is 7.09. The Hall–Kier alpha value is -2.34. The van der Waals surface area contributed by atoms with Gasteiger partial charge in [-0.2, -0.15) is 0 Å². The number of imidazole rings is 1. The fourth-order valence-electron chi connectivity index (χ4n) is 1.89. The summed E-state index contributed by atoms with van der Waals surface area (Å²) in [6.07, 6.45) is 3.60. The van der Waals surface area contributed by atoms with E-state index in [1.807, 2.05) is 36.0 Å². The molecule has 0 radical (unpaired) electrons. The second-order valence-corrected chi connectivity index (χ2v) is 5.56. The predicted molar refractivity (Wildman–Crippen MR) is 82.0 cm³/mol. The third-order valence-electron chi connectivity index (χ3n) is 3.05. The molecule has 2 amide bonds. The van der Waals surface area contributed by atoms with Crippen LogP contribution in [0.2, 0.25) is 0 Å². The van der Waals surface area contributed by atoms with Gasteiger partial charge in [-0.05, 0) is 26.0 Å². The molecule has 0 bridgehead atoms. The lowest BCUT2D eigenvalue weighted by atomic mass is 10.1. The molecule has 0 unspecified atom stereocenters. The van der Waals surface area contributed by atoms with E-state index in [1.165, 1.54) is 0 Å².